The Balaban J connectivity index is 2.03. The highest BCUT2D eigenvalue weighted by Crippen LogP contribution is 2.45. The van der Waals surface area contributed by atoms with Gasteiger partial charge >= 0.3 is 0 Å². The molecule has 1 saturated heterocycles. The molecule has 0 amide bonds. The SMILES string of the molecule is Cc1c2c(cc(Cl)c1C1CCNCC1)OCO2. The standard InChI is InChI=1S/C13H16ClNO2/c1-8-12(9-2-4-15-5-3-9)10(14)6-11-13(8)17-7-16-11/h6,9,15H,2-5,7H2,1H3. The van der Waals surface area contributed by atoms with Crippen LogP contribution in [0.4, 0.5) is 0 Å². The van der Waals surface area contributed by atoms with Crippen LogP contribution < -0.4 is 14.8 Å². The maximum absolute atomic E-state index is 6.39. The predicted molar refractivity (Wildman–Crippen MR) is 67.2 cm³/mol. The van der Waals surface area contributed by atoms with Gasteiger partial charge in [0.15, 0.2) is 11.5 Å². The van der Waals surface area contributed by atoms with Crippen molar-refractivity contribution in [1.82, 2.24) is 5.32 Å². The van der Waals surface area contributed by atoms with Gasteiger partial charge < -0.3 is 14.8 Å². The second-order valence-electron chi connectivity index (χ2n) is 4.66. The first-order valence-electron chi connectivity index (χ1n) is 6.06. The fraction of sp³-hybridized carbons (Fsp3) is 0.538. The molecule has 17 heavy (non-hydrogen) atoms. The fourth-order valence-corrected chi connectivity index (χ4v) is 3.19. The summed E-state index contributed by atoms with van der Waals surface area (Å²) < 4.78 is 10.9. The van der Waals surface area contributed by atoms with E-state index in [-0.39, 0.29) is 0 Å². The molecule has 2 heterocycles. The third-order valence-corrected chi connectivity index (χ3v) is 3.96. The van der Waals surface area contributed by atoms with E-state index in [2.05, 4.69) is 12.2 Å². The Bertz CT molecular complexity index is 442. The van der Waals surface area contributed by atoms with Crippen molar-refractivity contribution < 1.29 is 9.47 Å². The highest BCUT2D eigenvalue weighted by Gasteiger charge is 2.26. The zero-order chi connectivity index (χ0) is 11.8. The number of benzene rings is 1. The molecule has 1 aromatic carbocycles. The van der Waals surface area contributed by atoms with Crippen LogP contribution >= 0.6 is 11.6 Å². The van der Waals surface area contributed by atoms with Crippen LogP contribution in [0.2, 0.25) is 5.02 Å². The fourth-order valence-electron chi connectivity index (χ4n) is 2.79. The largest absolute Gasteiger partial charge is 0.454 e. The van der Waals surface area contributed by atoms with E-state index >= 15 is 0 Å². The Hall–Kier alpha value is -0.930. The van der Waals surface area contributed by atoms with Crippen molar-refractivity contribution in [3.05, 3.63) is 22.2 Å². The Morgan fingerprint density at radius 1 is 1.29 bits per heavy atom. The first kappa shape index (κ1) is 11.2. The number of piperidine rings is 1. The lowest BCUT2D eigenvalue weighted by atomic mass is 9.87. The minimum atomic E-state index is 0.308. The molecule has 92 valence electrons. The zero-order valence-electron chi connectivity index (χ0n) is 9.88. The summed E-state index contributed by atoms with van der Waals surface area (Å²) in [7, 11) is 0. The molecule has 2 aliphatic rings. The quantitative estimate of drug-likeness (QED) is 0.835. The molecule has 1 aromatic rings. The number of hydrogen-bond donors (Lipinski definition) is 1. The molecule has 0 aromatic heterocycles. The van der Waals surface area contributed by atoms with Gasteiger partial charge in [-0.25, -0.2) is 0 Å². The molecule has 0 bridgehead atoms. The smallest absolute Gasteiger partial charge is 0.231 e. The first-order valence-corrected chi connectivity index (χ1v) is 6.44. The lowest BCUT2D eigenvalue weighted by molar-refractivity contribution is 0.173. The van der Waals surface area contributed by atoms with Gasteiger partial charge in [0.25, 0.3) is 0 Å². The van der Waals surface area contributed by atoms with Gasteiger partial charge in [0, 0.05) is 16.7 Å². The minimum Gasteiger partial charge on any atom is -0.454 e. The van der Waals surface area contributed by atoms with Crippen LogP contribution in [-0.2, 0) is 0 Å². The van der Waals surface area contributed by atoms with Crippen LogP contribution in [0.3, 0.4) is 0 Å². The summed E-state index contributed by atoms with van der Waals surface area (Å²) in [4.78, 5) is 0. The molecule has 1 fully saturated rings. The summed E-state index contributed by atoms with van der Waals surface area (Å²) in [6.45, 7) is 4.52. The molecule has 2 aliphatic heterocycles. The lowest BCUT2D eigenvalue weighted by Crippen LogP contribution is -2.27. The van der Waals surface area contributed by atoms with E-state index in [4.69, 9.17) is 21.1 Å². The first-order chi connectivity index (χ1) is 8.27. The molecule has 4 heteroatoms. The Morgan fingerprint density at radius 3 is 2.82 bits per heavy atom. The predicted octanol–water partition coefficient (Wildman–Crippen LogP) is 2.84. The normalized spacial score (nSPS) is 19.6. The summed E-state index contributed by atoms with van der Waals surface area (Å²) in [5.74, 6) is 2.20. The number of rotatable bonds is 1. The van der Waals surface area contributed by atoms with Crippen molar-refractivity contribution in [2.45, 2.75) is 25.7 Å². The number of ether oxygens (including phenoxy) is 2. The molecule has 0 aliphatic carbocycles. The Morgan fingerprint density at radius 2 is 2.06 bits per heavy atom. The van der Waals surface area contributed by atoms with Crippen LogP contribution in [0, 0.1) is 6.92 Å². The van der Waals surface area contributed by atoms with Crippen molar-refractivity contribution in [3.8, 4) is 11.5 Å². The third-order valence-electron chi connectivity index (χ3n) is 3.65. The molecule has 0 saturated carbocycles. The molecule has 3 nitrogen and oxygen atoms in total. The molecule has 0 atom stereocenters. The monoisotopic (exact) mass is 253 g/mol. The van der Waals surface area contributed by atoms with Gasteiger partial charge in [0.05, 0.1) is 0 Å². The van der Waals surface area contributed by atoms with E-state index < -0.39 is 0 Å². The topological polar surface area (TPSA) is 30.5 Å². The van der Waals surface area contributed by atoms with Gasteiger partial charge in [-0.2, -0.15) is 0 Å². The van der Waals surface area contributed by atoms with Crippen molar-refractivity contribution in [1.29, 1.82) is 0 Å². The van der Waals surface area contributed by atoms with Crippen LogP contribution in [0.25, 0.3) is 0 Å². The van der Waals surface area contributed by atoms with E-state index in [1.54, 1.807) is 0 Å². The van der Waals surface area contributed by atoms with E-state index in [1.807, 2.05) is 6.07 Å². The van der Waals surface area contributed by atoms with Crippen LogP contribution in [-0.4, -0.2) is 19.9 Å². The summed E-state index contributed by atoms with van der Waals surface area (Å²) in [5, 5.41) is 4.19. The van der Waals surface area contributed by atoms with E-state index in [1.165, 1.54) is 5.56 Å². The second kappa shape index (κ2) is 4.39. The molecular weight excluding hydrogens is 238 g/mol. The van der Waals surface area contributed by atoms with Crippen LogP contribution in [0.15, 0.2) is 6.07 Å². The second-order valence-corrected chi connectivity index (χ2v) is 5.06. The average Bonchev–Trinajstić information content (AvgIpc) is 2.78. The van der Waals surface area contributed by atoms with E-state index in [0.29, 0.717) is 12.7 Å². The van der Waals surface area contributed by atoms with Crippen molar-refractivity contribution in [3.63, 3.8) is 0 Å². The van der Waals surface area contributed by atoms with Gasteiger partial charge in [-0.3, -0.25) is 0 Å². The van der Waals surface area contributed by atoms with Gasteiger partial charge in [0.1, 0.15) is 0 Å². The summed E-state index contributed by atoms with van der Waals surface area (Å²) in [5.41, 5.74) is 2.40. The van der Waals surface area contributed by atoms with Crippen molar-refractivity contribution in [2.75, 3.05) is 19.9 Å². The number of halogens is 1. The van der Waals surface area contributed by atoms with E-state index in [0.717, 1.165) is 48.0 Å². The highest BCUT2D eigenvalue weighted by molar-refractivity contribution is 6.31. The van der Waals surface area contributed by atoms with Crippen LogP contribution in [0.1, 0.15) is 29.9 Å². The summed E-state index contributed by atoms with van der Waals surface area (Å²) in [6.07, 6.45) is 2.28. The number of fused-ring (bicyclic) bond motifs is 1. The molecule has 1 N–H and O–H groups in total. The molecule has 0 spiro atoms. The third kappa shape index (κ3) is 1.87. The maximum atomic E-state index is 6.39. The van der Waals surface area contributed by atoms with Gasteiger partial charge in [-0.05, 0) is 44.3 Å². The van der Waals surface area contributed by atoms with E-state index in [9.17, 15) is 0 Å². The molecule has 0 unspecified atom stereocenters. The molecule has 3 rings (SSSR count). The van der Waals surface area contributed by atoms with Gasteiger partial charge in [0.2, 0.25) is 6.79 Å². The number of nitrogens with one attached hydrogen (secondary N) is 1. The lowest BCUT2D eigenvalue weighted by Gasteiger charge is -2.25. The van der Waals surface area contributed by atoms with Crippen LogP contribution in [0.5, 0.6) is 11.5 Å². The zero-order valence-corrected chi connectivity index (χ0v) is 10.6. The molecular formula is C13H16ClNO2. The Labute approximate surface area is 106 Å². The summed E-state index contributed by atoms with van der Waals surface area (Å²) in [6, 6.07) is 1.90. The van der Waals surface area contributed by atoms with Crippen molar-refractivity contribution in [2.24, 2.45) is 0 Å². The highest BCUT2D eigenvalue weighted by atomic mass is 35.5. The molecule has 0 radical (unpaired) electrons. The Kier molecular flexibility index (Phi) is 2.89. The average molecular weight is 254 g/mol. The van der Waals surface area contributed by atoms with Crippen molar-refractivity contribution >= 4 is 11.6 Å². The van der Waals surface area contributed by atoms with Gasteiger partial charge in [-0.15, -0.1) is 0 Å². The maximum Gasteiger partial charge on any atom is 0.231 e. The number of hydrogen-bond acceptors (Lipinski definition) is 3. The summed E-state index contributed by atoms with van der Waals surface area (Å²) >= 11 is 6.39. The van der Waals surface area contributed by atoms with Gasteiger partial charge in [-0.1, -0.05) is 11.6 Å². The minimum absolute atomic E-state index is 0.308.